The van der Waals surface area contributed by atoms with Crippen LogP contribution < -0.4 is 10.2 Å². The Morgan fingerprint density at radius 3 is 2.40 bits per heavy atom. The van der Waals surface area contributed by atoms with Crippen molar-refractivity contribution in [1.82, 2.24) is 4.90 Å². The van der Waals surface area contributed by atoms with Crippen molar-refractivity contribution in [3.8, 4) is 0 Å². The molecule has 1 aliphatic carbocycles. The van der Waals surface area contributed by atoms with Gasteiger partial charge >= 0.3 is 5.97 Å². The van der Waals surface area contributed by atoms with Gasteiger partial charge in [0.05, 0.1) is 23.2 Å². The van der Waals surface area contributed by atoms with Gasteiger partial charge in [-0.25, -0.2) is 0 Å². The van der Waals surface area contributed by atoms with Gasteiger partial charge in [0.2, 0.25) is 17.7 Å². The molecule has 2 heterocycles. The van der Waals surface area contributed by atoms with E-state index < -0.39 is 36.4 Å². The van der Waals surface area contributed by atoms with E-state index in [0.29, 0.717) is 24.2 Å². The number of hydrogen-bond donors (Lipinski definition) is 1. The van der Waals surface area contributed by atoms with E-state index in [1.54, 1.807) is 24.3 Å². The van der Waals surface area contributed by atoms with Gasteiger partial charge in [-0.15, -0.1) is 0 Å². The summed E-state index contributed by atoms with van der Waals surface area (Å²) in [4.78, 5) is 64.2. The van der Waals surface area contributed by atoms with Gasteiger partial charge in [-0.1, -0.05) is 24.3 Å². The summed E-state index contributed by atoms with van der Waals surface area (Å²) in [6.07, 6.45) is 3.49. The number of anilines is 2. The highest BCUT2D eigenvalue weighted by Gasteiger charge is 2.48. The molecule has 30 heavy (non-hydrogen) atoms. The van der Waals surface area contributed by atoms with Gasteiger partial charge in [0.1, 0.15) is 13.1 Å². The predicted molar refractivity (Wildman–Crippen MR) is 105 cm³/mol. The maximum Gasteiger partial charge on any atom is 0.326 e. The lowest BCUT2D eigenvalue weighted by Crippen LogP contribution is -2.47. The topological polar surface area (TPSA) is 113 Å². The van der Waals surface area contributed by atoms with Crippen molar-refractivity contribution >= 4 is 41.0 Å². The van der Waals surface area contributed by atoms with Crippen LogP contribution in [-0.2, 0) is 28.7 Å². The standard InChI is InChI=1S/C21H21N3O6/c1-12(19(27)23-10-17(25)22-15-8-4-5-9-16(15)23)30-18(26)11-24-20(28)13-6-2-3-7-14(13)21(24)29/h2-5,8-9,12-14H,6-7,10-11H2,1H3,(H,22,25)/t12-,13-,14+/m1/s1. The van der Waals surface area contributed by atoms with Crippen molar-refractivity contribution in [3.05, 3.63) is 36.4 Å². The van der Waals surface area contributed by atoms with E-state index in [1.165, 1.54) is 11.8 Å². The molecule has 0 unspecified atom stereocenters. The number of rotatable bonds is 4. The lowest BCUT2D eigenvalue weighted by Gasteiger charge is -2.30. The fraction of sp³-hybridized carbons (Fsp3) is 0.381. The Morgan fingerprint density at radius 2 is 1.73 bits per heavy atom. The van der Waals surface area contributed by atoms with Crippen LogP contribution >= 0.6 is 0 Å². The lowest BCUT2D eigenvalue weighted by molar-refractivity contribution is -0.159. The van der Waals surface area contributed by atoms with Gasteiger partial charge in [0.15, 0.2) is 6.10 Å². The molecule has 0 spiro atoms. The fourth-order valence-corrected chi connectivity index (χ4v) is 4.09. The molecule has 1 aromatic carbocycles. The highest BCUT2D eigenvalue weighted by Crippen LogP contribution is 2.35. The normalized spacial score (nSPS) is 23.6. The van der Waals surface area contributed by atoms with Crippen LogP contribution in [0, 0.1) is 11.8 Å². The average molecular weight is 411 g/mol. The molecule has 2 aliphatic heterocycles. The molecule has 3 aliphatic rings. The van der Waals surface area contributed by atoms with Crippen LogP contribution in [0.15, 0.2) is 36.4 Å². The van der Waals surface area contributed by atoms with E-state index in [0.717, 1.165) is 4.90 Å². The van der Waals surface area contributed by atoms with E-state index in [4.69, 9.17) is 4.74 Å². The molecule has 0 radical (unpaired) electrons. The molecule has 1 N–H and O–H groups in total. The maximum atomic E-state index is 12.8. The molecule has 1 saturated heterocycles. The predicted octanol–water partition coefficient (Wildman–Crippen LogP) is 0.855. The average Bonchev–Trinajstić information content (AvgIpc) is 2.97. The quantitative estimate of drug-likeness (QED) is 0.447. The molecule has 9 nitrogen and oxygen atoms in total. The van der Waals surface area contributed by atoms with Gasteiger partial charge in [0, 0.05) is 0 Å². The Labute approximate surface area is 172 Å². The zero-order valence-corrected chi connectivity index (χ0v) is 16.4. The molecule has 3 atom stereocenters. The third-order valence-electron chi connectivity index (χ3n) is 5.58. The van der Waals surface area contributed by atoms with Crippen LogP contribution in [0.5, 0.6) is 0 Å². The minimum absolute atomic E-state index is 0.197. The summed E-state index contributed by atoms with van der Waals surface area (Å²) >= 11 is 0. The van der Waals surface area contributed by atoms with Gasteiger partial charge in [-0.2, -0.15) is 0 Å². The zero-order valence-electron chi connectivity index (χ0n) is 16.4. The molecule has 4 rings (SSSR count). The number of nitrogens with one attached hydrogen (secondary N) is 1. The monoisotopic (exact) mass is 411 g/mol. The number of para-hydroxylation sites is 2. The van der Waals surface area contributed by atoms with Crippen molar-refractivity contribution in [1.29, 1.82) is 0 Å². The minimum Gasteiger partial charge on any atom is -0.451 e. The number of nitrogens with zero attached hydrogens (tertiary/aromatic N) is 2. The molecular weight excluding hydrogens is 390 g/mol. The number of fused-ring (bicyclic) bond motifs is 2. The molecular formula is C21H21N3O6. The Morgan fingerprint density at radius 1 is 1.10 bits per heavy atom. The zero-order chi connectivity index (χ0) is 21.4. The number of amides is 4. The Balaban J connectivity index is 1.41. The van der Waals surface area contributed by atoms with Crippen LogP contribution in [0.2, 0.25) is 0 Å². The van der Waals surface area contributed by atoms with Crippen molar-refractivity contribution in [2.45, 2.75) is 25.9 Å². The van der Waals surface area contributed by atoms with Gasteiger partial charge in [0.25, 0.3) is 5.91 Å². The van der Waals surface area contributed by atoms with Crippen molar-refractivity contribution in [2.75, 3.05) is 23.3 Å². The number of esters is 1. The molecule has 1 fully saturated rings. The van der Waals surface area contributed by atoms with Crippen molar-refractivity contribution < 1.29 is 28.7 Å². The third kappa shape index (κ3) is 3.47. The van der Waals surface area contributed by atoms with Crippen LogP contribution in [0.3, 0.4) is 0 Å². The summed E-state index contributed by atoms with van der Waals surface area (Å²) in [5.41, 5.74) is 0.997. The molecule has 9 heteroatoms. The second-order valence-corrected chi connectivity index (χ2v) is 7.54. The van der Waals surface area contributed by atoms with Crippen LogP contribution in [0.4, 0.5) is 11.4 Å². The SMILES string of the molecule is C[C@@H](OC(=O)CN1C(=O)[C@H]2CC=CC[C@H]2C1=O)C(=O)N1CC(=O)Nc2ccccc21. The van der Waals surface area contributed by atoms with Gasteiger partial charge < -0.3 is 10.1 Å². The van der Waals surface area contributed by atoms with E-state index >= 15 is 0 Å². The van der Waals surface area contributed by atoms with Gasteiger partial charge in [-0.3, -0.25) is 33.8 Å². The highest BCUT2D eigenvalue weighted by atomic mass is 16.5. The Kier molecular flexibility index (Phi) is 5.11. The van der Waals surface area contributed by atoms with Crippen molar-refractivity contribution in [2.24, 2.45) is 11.8 Å². The van der Waals surface area contributed by atoms with Crippen molar-refractivity contribution in [3.63, 3.8) is 0 Å². The molecule has 1 aromatic rings. The number of likely N-dealkylation sites (tertiary alicyclic amines) is 1. The Bertz CT molecular complexity index is 945. The number of carbonyl (C=O) groups is 5. The summed E-state index contributed by atoms with van der Waals surface area (Å²) in [5, 5.41) is 2.68. The van der Waals surface area contributed by atoms with E-state index in [2.05, 4.69) is 5.32 Å². The summed E-state index contributed by atoms with van der Waals surface area (Å²) in [6, 6.07) is 6.81. The molecule has 156 valence electrons. The smallest absolute Gasteiger partial charge is 0.326 e. The summed E-state index contributed by atoms with van der Waals surface area (Å²) in [5.74, 6) is -3.40. The highest BCUT2D eigenvalue weighted by molar-refractivity contribution is 6.11. The number of ether oxygens (including phenoxy) is 1. The number of carbonyl (C=O) groups excluding carboxylic acids is 5. The first-order valence-electron chi connectivity index (χ1n) is 9.76. The molecule has 0 aromatic heterocycles. The first kappa shape index (κ1) is 19.8. The lowest BCUT2D eigenvalue weighted by atomic mass is 9.85. The number of hydrogen-bond acceptors (Lipinski definition) is 6. The summed E-state index contributed by atoms with van der Waals surface area (Å²) in [6.45, 7) is 0.670. The maximum absolute atomic E-state index is 12.8. The van der Waals surface area contributed by atoms with E-state index in [-0.39, 0.29) is 24.3 Å². The summed E-state index contributed by atoms with van der Waals surface area (Å²) in [7, 11) is 0. The van der Waals surface area contributed by atoms with Crippen LogP contribution in [0.1, 0.15) is 19.8 Å². The van der Waals surface area contributed by atoms with Crippen LogP contribution in [-0.4, -0.2) is 53.7 Å². The summed E-state index contributed by atoms with van der Waals surface area (Å²) < 4.78 is 5.20. The number of benzene rings is 1. The van der Waals surface area contributed by atoms with Crippen LogP contribution in [0.25, 0.3) is 0 Å². The molecule has 0 saturated carbocycles. The third-order valence-corrected chi connectivity index (χ3v) is 5.58. The number of allylic oxidation sites excluding steroid dienone is 2. The minimum atomic E-state index is -1.19. The first-order chi connectivity index (χ1) is 14.4. The van der Waals surface area contributed by atoms with E-state index in [9.17, 15) is 24.0 Å². The second kappa shape index (κ2) is 7.74. The molecule has 0 bridgehead atoms. The first-order valence-corrected chi connectivity index (χ1v) is 9.76. The molecule has 4 amide bonds. The fourth-order valence-electron chi connectivity index (χ4n) is 4.09. The van der Waals surface area contributed by atoms with Gasteiger partial charge in [-0.05, 0) is 31.9 Å². The number of imide groups is 1. The van der Waals surface area contributed by atoms with E-state index in [1.807, 2.05) is 12.2 Å². The second-order valence-electron chi connectivity index (χ2n) is 7.54. The Hall–Kier alpha value is -3.49. The largest absolute Gasteiger partial charge is 0.451 e.